The number of nitrogens with one attached hydrogen (secondary N) is 2. The molecule has 0 saturated carbocycles. The number of hydrazine groups is 1. The van der Waals surface area contributed by atoms with Crippen LogP contribution in [0.2, 0.25) is 0 Å². The zero-order valence-electron chi connectivity index (χ0n) is 3.62. The molecule has 0 rings (SSSR count). The molecule has 1 atom stereocenters. The number of thiocarbonyl (C=S) groups is 1. The minimum Gasteiger partial charge on any atom is -0.293 e. The second-order valence-corrected chi connectivity index (χ2v) is 2.64. The van der Waals surface area contributed by atoms with Gasteiger partial charge in [0.25, 0.3) is 0 Å². The van der Waals surface area contributed by atoms with Gasteiger partial charge in [0.15, 0.2) is 0 Å². The van der Waals surface area contributed by atoms with Gasteiger partial charge in [-0.25, -0.2) is 4.21 Å². The average molecular weight is 172 g/mol. The minimum atomic E-state index is -2.08. The molecule has 8 heavy (non-hydrogen) atoms. The molecule has 4 nitrogen and oxygen atoms in total. The predicted molar refractivity (Wildman–Crippen MR) is 38.6 cm³/mol. The Balaban J connectivity index is 3.18. The second kappa shape index (κ2) is 4.21. The fourth-order valence-electron chi connectivity index (χ4n) is 0.0873. The van der Waals surface area contributed by atoms with Crippen LogP contribution in [0.4, 0.5) is 0 Å². The molecule has 0 aliphatic carbocycles. The maximum Gasteiger partial charge on any atom is 0.250 e. The Morgan fingerprint density at radius 1 is 1.88 bits per heavy atom. The average Bonchev–Trinajstić information content (AvgIpc) is 1.61. The minimum absolute atomic E-state index is 0.118. The number of rotatable bonds is 2. The predicted octanol–water partition coefficient (Wildman–Crippen LogP) is -0.568. The van der Waals surface area contributed by atoms with Crippen molar-refractivity contribution in [2.24, 2.45) is 0 Å². The van der Waals surface area contributed by atoms with Crippen LogP contribution in [-0.4, -0.2) is 13.1 Å². The van der Waals surface area contributed by atoms with Crippen molar-refractivity contribution in [1.29, 1.82) is 0 Å². The first-order valence-electron chi connectivity index (χ1n) is 1.48. The van der Waals surface area contributed by atoms with Crippen LogP contribution in [0.25, 0.3) is 0 Å². The van der Waals surface area contributed by atoms with Crippen molar-refractivity contribution in [2.75, 3.05) is 0 Å². The van der Waals surface area contributed by atoms with Gasteiger partial charge in [0.1, 0.15) is 4.32 Å². The first-order chi connectivity index (χ1) is 3.63. The maximum atomic E-state index is 9.75. The molecule has 0 aromatic carbocycles. The molecule has 0 bridgehead atoms. The van der Waals surface area contributed by atoms with Crippen LogP contribution in [0.3, 0.4) is 0 Å². The Bertz CT molecular complexity index is 99.9. The van der Waals surface area contributed by atoms with Crippen molar-refractivity contribution in [1.82, 2.24) is 10.3 Å². The highest BCUT2D eigenvalue weighted by Crippen LogP contribution is 1.72. The molecule has 0 aliphatic heterocycles. The summed E-state index contributed by atoms with van der Waals surface area (Å²) in [5, 5.41) is 0. The van der Waals surface area contributed by atoms with Gasteiger partial charge in [0.05, 0.1) is 0 Å². The molecule has 0 amide bonds. The molecule has 0 aromatic rings. The Labute approximate surface area is 59.8 Å². The summed E-state index contributed by atoms with van der Waals surface area (Å²) < 4.78 is 17.9. The van der Waals surface area contributed by atoms with Crippen LogP contribution < -0.4 is 10.3 Å². The quantitative estimate of drug-likeness (QED) is 0.195. The maximum absolute atomic E-state index is 9.75. The van der Waals surface area contributed by atoms with Crippen LogP contribution in [0, 0.1) is 0 Å². The van der Waals surface area contributed by atoms with Gasteiger partial charge >= 0.3 is 0 Å². The van der Waals surface area contributed by atoms with Gasteiger partial charge < -0.3 is 0 Å². The van der Waals surface area contributed by atoms with Crippen molar-refractivity contribution in [3.63, 3.8) is 0 Å². The molecule has 0 spiro atoms. The first kappa shape index (κ1) is 8.31. The molecular weight excluding hydrogens is 168 g/mol. The van der Waals surface area contributed by atoms with E-state index < -0.39 is 11.3 Å². The van der Waals surface area contributed by atoms with Crippen LogP contribution in [0.1, 0.15) is 0 Å². The fourth-order valence-corrected chi connectivity index (χ4v) is 0.524. The molecule has 0 heterocycles. The fraction of sp³-hybridized carbons (Fsp3) is 0. The van der Waals surface area contributed by atoms with Crippen molar-refractivity contribution in [3.8, 4) is 0 Å². The molecular formula is CH4N2O2S3. The third kappa shape index (κ3) is 6.31. The molecule has 0 radical (unpaired) electrons. The topological polar surface area (TPSA) is 61.4 Å². The highest BCUT2D eigenvalue weighted by Gasteiger charge is 1.87. The van der Waals surface area contributed by atoms with Crippen LogP contribution in [0.5, 0.6) is 0 Å². The van der Waals surface area contributed by atoms with E-state index in [0.29, 0.717) is 0 Å². The summed E-state index contributed by atoms with van der Waals surface area (Å²) in [6.45, 7) is 0. The van der Waals surface area contributed by atoms with Gasteiger partial charge in [0.2, 0.25) is 11.3 Å². The SMILES string of the molecule is O=S(O)NNC(=S)S. The zero-order valence-corrected chi connectivity index (χ0v) is 6.15. The highest BCUT2D eigenvalue weighted by atomic mass is 32.2. The third-order valence-electron chi connectivity index (χ3n) is 0.245. The zero-order chi connectivity index (χ0) is 6.57. The summed E-state index contributed by atoms with van der Waals surface area (Å²) in [7, 11) is 0. The lowest BCUT2D eigenvalue weighted by Crippen LogP contribution is -2.34. The van der Waals surface area contributed by atoms with E-state index in [1.54, 1.807) is 0 Å². The Morgan fingerprint density at radius 3 is 2.50 bits per heavy atom. The van der Waals surface area contributed by atoms with Gasteiger partial charge in [-0.3, -0.25) is 9.98 Å². The number of hydrogen-bond donors (Lipinski definition) is 4. The molecule has 0 saturated heterocycles. The molecule has 0 aromatic heterocycles. The molecule has 3 N–H and O–H groups in total. The Kier molecular flexibility index (Phi) is 4.38. The van der Waals surface area contributed by atoms with Crippen molar-refractivity contribution < 1.29 is 8.76 Å². The normalized spacial score (nSPS) is 12.8. The van der Waals surface area contributed by atoms with E-state index in [9.17, 15) is 4.21 Å². The van der Waals surface area contributed by atoms with E-state index in [1.165, 1.54) is 0 Å². The smallest absolute Gasteiger partial charge is 0.250 e. The lowest BCUT2D eigenvalue weighted by molar-refractivity contribution is 0.545. The van der Waals surface area contributed by atoms with Gasteiger partial charge in [-0.2, -0.15) is 0 Å². The summed E-state index contributed by atoms with van der Waals surface area (Å²) in [6.07, 6.45) is 0. The number of thiol groups is 1. The van der Waals surface area contributed by atoms with Crippen molar-refractivity contribution in [2.45, 2.75) is 0 Å². The monoisotopic (exact) mass is 172 g/mol. The second-order valence-electron chi connectivity index (χ2n) is 0.781. The van der Waals surface area contributed by atoms with Gasteiger partial charge in [0, 0.05) is 0 Å². The summed E-state index contributed by atoms with van der Waals surface area (Å²) in [5.41, 5.74) is 2.14. The van der Waals surface area contributed by atoms with E-state index in [0.717, 1.165) is 0 Å². The largest absolute Gasteiger partial charge is 0.293 e. The third-order valence-corrected chi connectivity index (χ3v) is 0.736. The summed E-state index contributed by atoms with van der Waals surface area (Å²) in [5.74, 6) is 0. The van der Waals surface area contributed by atoms with E-state index >= 15 is 0 Å². The Hall–Kier alpha value is 0.310. The van der Waals surface area contributed by atoms with E-state index in [-0.39, 0.29) is 4.32 Å². The van der Waals surface area contributed by atoms with Crippen LogP contribution in [0.15, 0.2) is 0 Å². The van der Waals surface area contributed by atoms with Gasteiger partial charge in [-0.05, 0) is 0 Å². The van der Waals surface area contributed by atoms with Crippen molar-refractivity contribution >= 4 is 40.4 Å². The summed E-state index contributed by atoms with van der Waals surface area (Å²) in [6, 6.07) is 0. The van der Waals surface area contributed by atoms with Crippen LogP contribution in [-0.2, 0) is 11.3 Å². The summed E-state index contributed by atoms with van der Waals surface area (Å²) in [4.78, 5) is 1.91. The standard InChI is InChI=1S/CH4N2O2S3/c4-8(5)3-2-1(6)7/h3H,(H,4,5)(H2,2,6,7). The van der Waals surface area contributed by atoms with Gasteiger partial charge in [-0.15, -0.1) is 17.5 Å². The van der Waals surface area contributed by atoms with Crippen molar-refractivity contribution in [3.05, 3.63) is 0 Å². The lowest BCUT2D eigenvalue weighted by Gasteiger charge is -1.97. The van der Waals surface area contributed by atoms with E-state index in [4.69, 9.17) is 4.55 Å². The molecule has 1 unspecified atom stereocenters. The molecule has 0 fully saturated rings. The highest BCUT2D eigenvalue weighted by molar-refractivity contribution is 8.11. The van der Waals surface area contributed by atoms with Crippen LogP contribution >= 0.6 is 24.8 Å². The Morgan fingerprint density at radius 2 is 2.38 bits per heavy atom. The molecule has 7 heteroatoms. The van der Waals surface area contributed by atoms with E-state index in [2.05, 4.69) is 30.3 Å². The molecule has 48 valence electrons. The molecule has 0 aliphatic rings. The number of hydrogen-bond acceptors (Lipinski definition) is 2. The van der Waals surface area contributed by atoms with E-state index in [1.807, 2.05) is 4.83 Å². The van der Waals surface area contributed by atoms with Gasteiger partial charge in [-0.1, -0.05) is 12.2 Å². The first-order valence-corrected chi connectivity index (χ1v) is 3.44. The lowest BCUT2D eigenvalue weighted by atomic mass is 11.5. The summed E-state index contributed by atoms with van der Waals surface area (Å²) >= 11 is 5.86.